The Kier molecular flexibility index (Phi) is 4.01. The third-order valence-corrected chi connectivity index (χ3v) is 4.98. The molecular weight excluding hydrogens is 327 g/mol. The van der Waals surface area contributed by atoms with Crippen LogP contribution >= 0.6 is 11.6 Å². The molecule has 3 nitrogen and oxygen atoms in total. The van der Waals surface area contributed by atoms with Gasteiger partial charge in [-0.2, -0.15) is 5.26 Å². The summed E-state index contributed by atoms with van der Waals surface area (Å²) in [4.78, 5) is 12.8. The van der Waals surface area contributed by atoms with Gasteiger partial charge in [-0.05, 0) is 30.9 Å². The number of halogens is 2. The lowest BCUT2D eigenvalue weighted by Gasteiger charge is -2.38. The van der Waals surface area contributed by atoms with E-state index in [0.717, 1.165) is 5.70 Å². The van der Waals surface area contributed by atoms with E-state index in [9.17, 15) is 14.4 Å². The van der Waals surface area contributed by atoms with Crippen molar-refractivity contribution in [2.75, 3.05) is 0 Å². The van der Waals surface area contributed by atoms with Gasteiger partial charge in [-0.25, -0.2) is 4.39 Å². The van der Waals surface area contributed by atoms with E-state index in [-0.39, 0.29) is 21.8 Å². The number of benzene rings is 1. The lowest BCUT2D eigenvalue weighted by atomic mass is 9.69. The zero-order valence-electron chi connectivity index (χ0n) is 13.8. The van der Waals surface area contributed by atoms with E-state index in [1.807, 2.05) is 13.8 Å². The number of hydrogen-bond acceptors (Lipinski definition) is 3. The largest absolute Gasteiger partial charge is 0.361 e. The maximum atomic E-state index is 14.5. The number of nitriles is 1. The highest BCUT2D eigenvalue weighted by Gasteiger charge is 2.42. The number of nitrogens with zero attached hydrogens (tertiary/aromatic N) is 1. The van der Waals surface area contributed by atoms with Gasteiger partial charge in [-0.3, -0.25) is 4.79 Å². The average Bonchev–Trinajstić information content (AvgIpc) is 2.44. The van der Waals surface area contributed by atoms with E-state index < -0.39 is 11.7 Å². The minimum Gasteiger partial charge on any atom is -0.361 e. The van der Waals surface area contributed by atoms with Crippen LogP contribution in [-0.2, 0) is 4.79 Å². The lowest BCUT2D eigenvalue weighted by Crippen LogP contribution is -2.37. The van der Waals surface area contributed by atoms with Crippen LogP contribution in [0, 0.1) is 22.6 Å². The van der Waals surface area contributed by atoms with Crippen molar-refractivity contribution >= 4 is 17.4 Å². The first-order chi connectivity index (χ1) is 11.2. The molecule has 1 aromatic carbocycles. The highest BCUT2D eigenvalue weighted by Crippen LogP contribution is 2.48. The number of carbonyl (C=O) groups excluding carboxylic acids is 1. The molecule has 0 aromatic heterocycles. The Bertz CT molecular complexity index is 825. The van der Waals surface area contributed by atoms with Crippen molar-refractivity contribution in [2.45, 2.75) is 39.5 Å². The summed E-state index contributed by atoms with van der Waals surface area (Å²) in [6, 6.07) is 6.55. The first kappa shape index (κ1) is 16.7. The number of allylic oxidation sites excluding steroid dienone is 4. The Labute approximate surface area is 145 Å². The van der Waals surface area contributed by atoms with Crippen molar-refractivity contribution < 1.29 is 9.18 Å². The van der Waals surface area contributed by atoms with Crippen molar-refractivity contribution in [3.63, 3.8) is 0 Å². The van der Waals surface area contributed by atoms with Crippen LogP contribution in [0.25, 0.3) is 0 Å². The molecule has 0 bridgehead atoms. The quantitative estimate of drug-likeness (QED) is 0.809. The van der Waals surface area contributed by atoms with Gasteiger partial charge < -0.3 is 5.32 Å². The Balaban J connectivity index is 2.27. The van der Waals surface area contributed by atoms with Crippen LogP contribution in [0.15, 0.2) is 40.7 Å². The minimum atomic E-state index is -0.747. The molecule has 1 aliphatic heterocycles. The maximum absolute atomic E-state index is 14.5. The monoisotopic (exact) mass is 344 g/mol. The summed E-state index contributed by atoms with van der Waals surface area (Å²) in [5.74, 6) is -1.30. The average molecular weight is 345 g/mol. The lowest BCUT2D eigenvalue weighted by molar-refractivity contribution is -0.118. The van der Waals surface area contributed by atoms with Crippen molar-refractivity contribution in [3.8, 4) is 6.07 Å². The SMILES string of the molecule is CC1=C(C#N)[C@H](c2c(F)cccc2Cl)C2=C(CC(C)(C)CC2=O)N1. The van der Waals surface area contributed by atoms with Crippen molar-refractivity contribution in [1.29, 1.82) is 5.26 Å². The molecule has 3 rings (SSSR count). The van der Waals surface area contributed by atoms with Gasteiger partial charge in [0.05, 0.1) is 17.6 Å². The van der Waals surface area contributed by atoms with Crippen LogP contribution in [0.3, 0.4) is 0 Å². The molecule has 0 fully saturated rings. The first-order valence-electron chi connectivity index (χ1n) is 7.83. The minimum absolute atomic E-state index is 0.0571. The summed E-state index contributed by atoms with van der Waals surface area (Å²) in [7, 11) is 0. The zero-order chi connectivity index (χ0) is 17.6. The topological polar surface area (TPSA) is 52.9 Å². The molecular formula is C19H18ClFN2O. The van der Waals surface area contributed by atoms with Gasteiger partial charge in [-0.15, -0.1) is 0 Å². The molecule has 5 heteroatoms. The molecule has 0 unspecified atom stereocenters. The van der Waals surface area contributed by atoms with Crippen LogP contribution in [0.5, 0.6) is 0 Å². The van der Waals surface area contributed by atoms with Gasteiger partial charge >= 0.3 is 0 Å². The second-order valence-corrected chi connectivity index (χ2v) is 7.58. The second-order valence-electron chi connectivity index (χ2n) is 7.18. The molecule has 24 heavy (non-hydrogen) atoms. The van der Waals surface area contributed by atoms with Crippen molar-refractivity contribution in [1.82, 2.24) is 5.32 Å². The molecule has 2 aliphatic rings. The smallest absolute Gasteiger partial charge is 0.162 e. The van der Waals surface area contributed by atoms with Gasteiger partial charge in [0.2, 0.25) is 0 Å². The maximum Gasteiger partial charge on any atom is 0.162 e. The third-order valence-electron chi connectivity index (χ3n) is 4.65. The van der Waals surface area contributed by atoms with Crippen LogP contribution in [0.2, 0.25) is 5.02 Å². The van der Waals surface area contributed by atoms with Gasteiger partial charge in [0, 0.05) is 34.0 Å². The highest BCUT2D eigenvalue weighted by atomic mass is 35.5. The Morgan fingerprint density at radius 2 is 2.08 bits per heavy atom. The van der Waals surface area contributed by atoms with E-state index in [0.29, 0.717) is 29.7 Å². The van der Waals surface area contributed by atoms with E-state index in [1.54, 1.807) is 13.0 Å². The van der Waals surface area contributed by atoms with Crippen LogP contribution in [0.4, 0.5) is 4.39 Å². The summed E-state index contributed by atoms with van der Waals surface area (Å²) in [6.45, 7) is 5.83. The number of carbonyl (C=O) groups is 1. The number of ketones is 1. The van der Waals surface area contributed by atoms with Gasteiger partial charge in [0.1, 0.15) is 5.82 Å². The number of Topliss-reactive ketones (excluding diaryl/α,β-unsaturated/α-hetero) is 1. The highest BCUT2D eigenvalue weighted by molar-refractivity contribution is 6.31. The molecule has 0 radical (unpaired) electrons. The second kappa shape index (κ2) is 5.75. The summed E-state index contributed by atoms with van der Waals surface area (Å²) >= 11 is 6.24. The predicted octanol–water partition coefficient (Wildman–Crippen LogP) is 4.61. The fourth-order valence-electron chi connectivity index (χ4n) is 3.66. The molecule has 1 heterocycles. The van der Waals surface area contributed by atoms with Crippen molar-refractivity contribution in [3.05, 3.63) is 57.1 Å². The fourth-order valence-corrected chi connectivity index (χ4v) is 3.93. The number of nitrogens with one attached hydrogen (secondary N) is 1. The van der Waals surface area contributed by atoms with Crippen LogP contribution in [-0.4, -0.2) is 5.78 Å². The molecule has 1 aliphatic carbocycles. The Hall–Kier alpha value is -2.12. The summed E-state index contributed by atoms with van der Waals surface area (Å²) in [5.41, 5.74) is 2.27. The summed E-state index contributed by atoms with van der Waals surface area (Å²) < 4.78 is 14.5. The van der Waals surface area contributed by atoms with E-state index in [1.165, 1.54) is 12.1 Å². The summed E-state index contributed by atoms with van der Waals surface area (Å²) in [6.07, 6.45) is 1.04. The van der Waals surface area contributed by atoms with Gasteiger partial charge in [-0.1, -0.05) is 31.5 Å². The number of hydrogen-bond donors (Lipinski definition) is 1. The standard InChI is InChI=1S/C19H18ClFN2O/c1-10-11(9-22)16(17-12(20)5-4-6-13(17)21)18-14(23-10)7-19(2,3)8-15(18)24/h4-6,16,23H,7-8H2,1-3H3/t16-/m1/s1. The normalized spacial score (nSPS) is 22.8. The third kappa shape index (κ3) is 2.63. The van der Waals surface area contributed by atoms with E-state index in [4.69, 9.17) is 11.6 Å². The van der Waals surface area contributed by atoms with Crippen molar-refractivity contribution in [2.24, 2.45) is 5.41 Å². The molecule has 124 valence electrons. The molecule has 0 spiro atoms. The summed E-state index contributed by atoms with van der Waals surface area (Å²) in [5, 5.41) is 13.0. The Morgan fingerprint density at radius 3 is 2.71 bits per heavy atom. The number of rotatable bonds is 1. The molecule has 0 saturated carbocycles. The molecule has 1 atom stereocenters. The Morgan fingerprint density at radius 1 is 1.38 bits per heavy atom. The van der Waals surface area contributed by atoms with E-state index >= 15 is 0 Å². The number of dihydropyridines is 1. The zero-order valence-corrected chi connectivity index (χ0v) is 14.6. The first-order valence-corrected chi connectivity index (χ1v) is 8.21. The van der Waals surface area contributed by atoms with Gasteiger partial charge in [0.25, 0.3) is 0 Å². The molecule has 0 saturated heterocycles. The van der Waals surface area contributed by atoms with Crippen LogP contribution < -0.4 is 5.32 Å². The molecule has 1 N–H and O–H groups in total. The van der Waals surface area contributed by atoms with Gasteiger partial charge in [0.15, 0.2) is 5.78 Å². The van der Waals surface area contributed by atoms with Crippen LogP contribution in [0.1, 0.15) is 45.1 Å². The molecule has 0 amide bonds. The fraction of sp³-hybridized carbons (Fsp3) is 0.368. The predicted molar refractivity (Wildman–Crippen MR) is 90.6 cm³/mol. The van der Waals surface area contributed by atoms with E-state index in [2.05, 4.69) is 11.4 Å². The molecule has 1 aromatic rings.